The van der Waals surface area contributed by atoms with E-state index in [0.717, 1.165) is 40.2 Å². The zero-order valence-electron chi connectivity index (χ0n) is 17.8. The van der Waals surface area contributed by atoms with E-state index in [0.29, 0.717) is 19.3 Å². The molecule has 7 heteroatoms. The fourth-order valence-corrected chi connectivity index (χ4v) is 4.16. The van der Waals surface area contributed by atoms with Crippen LogP contribution in [0.15, 0.2) is 41.6 Å². The first-order valence-electron chi connectivity index (χ1n) is 10.3. The van der Waals surface area contributed by atoms with Crippen LogP contribution in [0.1, 0.15) is 31.0 Å². The summed E-state index contributed by atoms with van der Waals surface area (Å²) in [6, 6.07) is 6.55. The number of aryl methyl sites for hydroxylation is 1. The average molecular weight is 406 g/mol. The largest absolute Gasteiger partial charge is 0.496 e. The summed E-state index contributed by atoms with van der Waals surface area (Å²) in [6.07, 6.45) is 5.88. The molecule has 156 valence electrons. The van der Waals surface area contributed by atoms with Gasteiger partial charge < -0.3 is 14.5 Å². The van der Waals surface area contributed by atoms with Crippen LogP contribution in [0, 0.1) is 6.92 Å². The molecule has 0 spiro atoms. The van der Waals surface area contributed by atoms with E-state index < -0.39 is 0 Å². The van der Waals surface area contributed by atoms with Crippen molar-refractivity contribution in [2.24, 2.45) is 0 Å². The van der Waals surface area contributed by atoms with E-state index in [4.69, 9.17) is 9.47 Å². The van der Waals surface area contributed by atoms with Crippen molar-refractivity contribution in [2.45, 2.75) is 39.4 Å². The molecule has 0 amide bonds. The molecule has 5 rings (SSSR count). The van der Waals surface area contributed by atoms with Crippen LogP contribution in [0.3, 0.4) is 0 Å². The zero-order valence-corrected chi connectivity index (χ0v) is 17.8. The number of methoxy groups -OCH3 is 1. The molecule has 2 aliphatic heterocycles. The van der Waals surface area contributed by atoms with Gasteiger partial charge in [-0.2, -0.15) is 5.10 Å². The second-order valence-corrected chi connectivity index (χ2v) is 8.35. The molecule has 0 unspecified atom stereocenters. The summed E-state index contributed by atoms with van der Waals surface area (Å²) in [7, 11) is 1.68. The maximum atomic E-state index is 12.4. The Kier molecular flexibility index (Phi) is 4.43. The predicted octanol–water partition coefficient (Wildman–Crippen LogP) is 3.13. The third kappa shape index (κ3) is 2.92. The van der Waals surface area contributed by atoms with Crippen molar-refractivity contribution >= 4 is 0 Å². The fraction of sp³-hybridized carbons (Fsp3) is 0.391. The number of aromatic nitrogens is 3. The molecule has 0 atom stereocenters. The number of pyridine rings is 1. The topological polar surface area (TPSA) is 61.5 Å². The Morgan fingerprint density at radius 2 is 1.97 bits per heavy atom. The highest BCUT2D eigenvalue weighted by Gasteiger charge is 2.27. The molecule has 7 nitrogen and oxygen atoms in total. The van der Waals surface area contributed by atoms with Gasteiger partial charge >= 0.3 is 0 Å². The lowest BCUT2D eigenvalue weighted by atomic mass is 9.95. The molecule has 1 fully saturated rings. The third-order valence-corrected chi connectivity index (χ3v) is 6.03. The van der Waals surface area contributed by atoms with Crippen LogP contribution < -0.4 is 15.2 Å². The first-order valence-corrected chi connectivity index (χ1v) is 10.3. The molecule has 4 heterocycles. The average Bonchev–Trinajstić information content (AvgIpc) is 3.15. The van der Waals surface area contributed by atoms with Gasteiger partial charge in [0.2, 0.25) is 0 Å². The minimum atomic E-state index is 0.0462. The van der Waals surface area contributed by atoms with Crippen LogP contribution in [0.5, 0.6) is 5.75 Å². The SMILES string of the molecule is COc1cc2c(cc1-c1cnn(C3COC3)c1)CN(C(C)C)n1cc(C)c(=O)cc1-2. The maximum absolute atomic E-state index is 12.4. The highest BCUT2D eigenvalue weighted by Crippen LogP contribution is 2.39. The number of hydrogen-bond acceptors (Lipinski definition) is 5. The van der Waals surface area contributed by atoms with E-state index in [1.165, 1.54) is 5.56 Å². The number of fused-ring (bicyclic) bond motifs is 3. The lowest BCUT2D eigenvalue weighted by molar-refractivity contribution is -0.0286. The van der Waals surface area contributed by atoms with Crippen molar-refractivity contribution < 1.29 is 9.47 Å². The number of ether oxygens (including phenoxy) is 2. The van der Waals surface area contributed by atoms with E-state index in [1.807, 2.05) is 30.1 Å². The second-order valence-electron chi connectivity index (χ2n) is 8.35. The lowest BCUT2D eigenvalue weighted by Gasteiger charge is -2.38. The summed E-state index contributed by atoms with van der Waals surface area (Å²) in [6.45, 7) is 8.35. The summed E-state index contributed by atoms with van der Waals surface area (Å²) in [5.41, 5.74) is 5.91. The van der Waals surface area contributed by atoms with E-state index in [1.54, 1.807) is 13.2 Å². The van der Waals surface area contributed by atoms with E-state index >= 15 is 0 Å². The molecule has 0 N–H and O–H groups in total. The van der Waals surface area contributed by atoms with Gasteiger partial charge in [-0.25, -0.2) is 0 Å². The van der Waals surface area contributed by atoms with Crippen molar-refractivity contribution in [1.29, 1.82) is 0 Å². The van der Waals surface area contributed by atoms with Crippen LogP contribution in [-0.2, 0) is 11.3 Å². The molecule has 3 aromatic rings. The summed E-state index contributed by atoms with van der Waals surface area (Å²) in [5.74, 6) is 0.774. The summed E-state index contributed by atoms with van der Waals surface area (Å²) < 4.78 is 15.1. The Morgan fingerprint density at radius 1 is 1.17 bits per heavy atom. The van der Waals surface area contributed by atoms with Crippen molar-refractivity contribution in [3.63, 3.8) is 0 Å². The monoisotopic (exact) mass is 406 g/mol. The smallest absolute Gasteiger partial charge is 0.185 e. The Hall–Kier alpha value is -3.06. The number of hydrogen-bond donors (Lipinski definition) is 0. The summed E-state index contributed by atoms with van der Waals surface area (Å²) >= 11 is 0. The zero-order chi connectivity index (χ0) is 21.0. The predicted molar refractivity (Wildman–Crippen MR) is 116 cm³/mol. The first-order chi connectivity index (χ1) is 14.5. The van der Waals surface area contributed by atoms with Gasteiger partial charge in [0.05, 0.1) is 44.8 Å². The molecule has 1 aromatic carbocycles. The van der Waals surface area contributed by atoms with Crippen LogP contribution in [0.4, 0.5) is 0 Å². The van der Waals surface area contributed by atoms with Gasteiger partial charge in [0.25, 0.3) is 0 Å². The number of nitrogens with zero attached hydrogens (tertiary/aromatic N) is 4. The molecule has 1 saturated heterocycles. The summed E-state index contributed by atoms with van der Waals surface area (Å²) in [4.78, 5) is 12.4. The first kappa shape index (κ1) is 18.9. The maximum Gasteiger partial charge on any atom is 0.185 e. The molecular weight excluding hydrogens is 380 g/mol. The minimum Gasteiger partial charge on any atom is -0.496 e. The van der Waals surface area contributed by atoms with E-state index in [-0.39, 0.29) is 11.5 Å². The van der Waals surface area contributed by atoms with Crippen LogP contribution in [0.2, 0.25) is 0 Å². The van der Waals surface area contributed by atoms with E-state index in [9.17, 15) is 4.79 Å². The minimum absolute atomic E-state index is 0.0462. The standard InChI is InChI=1S/C23H26N4O3/c1-14(2)26-11-16-5-20(17-8-24-25(10-17)18-12-30-13-18)23(29-4)6-19(16)21-7-22(28)15(3)9-27(21)26/h5-10,14,18H,11-13H2,1-4H3. The van der Waals surface area contributed by atoms with Gasteiger partial charge in [-0.05, 0) is 38.5 Å². The quantitative estimate of drug-likeness (QED) is 0.666. The Labute approximate surface area is 175 Å². The molecule has 0 radical (unpaired) electrons. The Morgan fingerprint density at radius 3 is 2.63 bits per heavy atom. The number of benzene rings is 1. The van der Waals surface area contributed by atoms with E-state index in [2.05, 4.69) is 40.9 Å². The van der Waals surface area contributed by atoms with Crippen molar-refractivity contribution in [3.8, 4) is 28.1 Å². The van der Waals surface area contributed by atoms with Gasteiger partial charge in [-0.1, -0.05) is 0 Å². The van der Waals surface area contributed by atoms with Crippen LogP contribution in [-0.4, -0.2) is 40.8 Å². The second kappa shape index (κ2) is 7.02. The molecule has 0 bridgehead atoms. The molecule has 30 heavy (non-hydrogen) atoms. The van der Waals surface area contributed by atoms with Crippen molar-refractivity contribution in [1.82, 2.24) is 14.5 Å². The van der Waals surface area contributed by atoms with Gasteiger partial charge in [-0.15, -0.1) is 0 Å². The number of rotatable bonds is 4. The van der Waals surface area contributed by atoms with Crippen molar-refractivity contribution in [3.05, 3.63) is 58.1 Å². The van der Waals surface area contributed by atoms with Gasteiger partial charge in [0.15, 0.2) is 5.43 Å². The highest BCUT2D eigenvalue weighted by atomic mass is 16.5. The Balaban J connectivity index is 1.66. The molecule has 0 aliphatic carbocycles. The third-order valence-electron chi connectivity index (χ3n) is 6.03. The lowest BCUT2D eigenvalue weighted by Crippen LogP contribution is -2.43. The van der Waals surface area contributed by atoms with Gasteiger partial charge in [-0.3, -0.25) is 14.2 Å². The van der Waals surface area contributed by atoms with Crippen LogP contribution in [0.25, 0.3) is 22.4 Å². The fourth-order valence-electron chi connectivity index (χ4n) is 4.16. The normalized spacial score (nSPS) is 15.7. The molecule has 0 saturated carbocycles. The van der Waals surface area contributed by atoms with Crippen LogP contribution >= 0.6 is 0 Å². The van der Waals surface area contributed by atoms with Gasteiger partial charge in [0, 0.05) is 46.8 Å². The highest BCUT2D eigenvalue weighted by molar-refractivity contribution is 5.78. The molecule has 2 aromatic heterocycles. The Bertz CT molecular complexity index is 1170. The molecule has 2 aliphatic rings. The van der Waals surface area contributed by atoms with Crippen molar-refractivity contribution in [2.75, 3.05) is 25.3 Å². The van der Waals surface area contributed by atoms with Gasteiger partial charge in [0.1, 0.15) is 5.75 Å². The molecular formula is C23H26N4O3. The summed E-state index contributed by atoms with van der Waals surface area (Å²) in [5, 5.41) is 6.80.